The minimum Gasteiger partial charge on any atom is -0.496 e. The van der Waals surface area contributed by atoms with Gasteiger partial charge in [-0.05, 0) is 67.0 Å². The van der Waals surface area contributed by atoms with Crippen LogP contribution in [-0.2, 0) is 16.7 Å². The lowest BCUT2D eigenvalue weighted by atomic mass is 10.1. The van der Waals surface area contributed by atoms with Gasteiger partial charge in [-0.3, -0.25) is 9.69 Å². The Balaban J connectivity index is 1.60. The first-order valence-electron chi connectivity index (χ1n) is 11.7. The van der Waals surface area contributed by atoms with Crippen molar-refractivity contribution in [3.63, 3.8) is 0 Å². The number of thioether (sulfide) groups is 1. The van der Waals surface area contributed by atoms with Crippen molar-refractivity contribution in [2.75, 3.05) is 7.11 Å². The van der Waals surface area contributed by atoms with Gasteiger partial charge in [0.05, 0.1) is 18.7 Å². The zero-order valence-corrected chi connectivity index (χ0v) is 22.8. The van der Waals surface area contributed by atoms with Crippen LogP contribution in [0.25, 0.3) is 6.08 Å². The standard InChI is InChI=1S/C28H23F3N4O2S2/c1-16-11-24(28(29,30)31)34-25(21(16)14-32)39-15-20-12-18(9-10-23(20)37-3)13-22-26(36)35(27(38)33-22)17(2)19-7-5-4-6-8-19/h4-13,17H,15H2,1-3H3,(H,33,38)/b22-13-. The van der Waals surface area contributed by atoms with Gasteiger partial charge in [-0.25, -0.2) is 4.98 Å². The fraction of sp³-hybridized carbons (Fsp3) is 0.214. The number of benzene rings is 2. The minimum absolute atomic E-state index is 0.0147. The van der Waals surface area contributed by atoms with Crippen LogP contribution in [0.3, 0.4) is 0 Å². The largest absolute Gasteiger partial charge is 0.496 e. The Bertz CT molecular complexity index is 1500. The molecule has 11 heteroatoms. The number of thiocarbonyl (C=S) groups is 1. The highest BCUT2D eigenvalue weighted by atomic mass is 32.2. The van der Waals surface area contributed by atoms with Gasteiger partial charge in [0.2, 0.25) is 0 Å². The van der Waals surface area contributed by atoms with E-state index >= 15 is 0 Å². The van der Waals surface area contributed by atoms with Gasteiger partial charge in [0, 0.05) is 11.3 Å². The maximum absolute atomic E-state index is 13.3. The summed E-state index contributed by atoms with van der Waals surface area (Å²) >= 11 is 6.44. The molecule has 39 heavy (non-hydrogen) atoms. The van der Waals surface area contributed by atoms with Crippen molar-refractivity contribution in [3.8, 4) is 11.8 Å². The molecule has 200 valence electrons. The maximum atomic E-state index is 13.3. The molecule has 3 aromatic rings. The van der Waals surface area contributed by atoms with Gasteiger partial charge in [0.1, 0.15) is 28.2 Å². The Labute approximate surface area is 233 Å². The lowest BCUT2D eigenvalue weighted by Crippen LogP contribution is -2.33. The number of alkyl halides is 3. The van der Waals surface area contributed by atoms with Crippen LogP contribution in [0.2, 0.25) is 0 Å². The maximum Gasteiger partial charge on any atom is 0.433 e. The zero-order valence-electron chi connectivity index (χ0n) is 21.2. The lowest BCUT2D eigenvalue weighted by molar-refractivity contribution is -0.141. The molecule has 1 saturated heterocycles. The molecule has 2 aromatic carbocycles. The van der Waals surface area contributed by atoms with Crippen molar-refractivity contribution < 1.29 is 22.7 Å². The van der Waals surface area contributed by atoms with Gasteiger partial charge in [-0.2, -0.15) is 18.4 Å². The van der Waals surface area contributed by atoms with Crippen LogP contribution in [-0.4, -0.2) is 28.0 Å². The molecule has 0 saturated carbocycles. The van der Waals surface area contributed by atoms with Crippen molar-refractivity contribution in [1.29, 1.82) is 5.26 Å². The second-order valence-corrected chi connectivity index (χ2v) is 10.1. The summed E-state index contributed by atoms with van der Waals surface area (Å²) in [6.07, 6.45) is -2.97. The van der Waals surface area contributed by atoms with E-state index < -0.39 is 11.9 Å². The van der Waals surface area contributed by atoms with Gasteiger partial charge in [-0.15, -0.1) is 11.8 Å². The molecular formula is C28H23F3N4O2S2. The molecule has 0 radical (unpaired) electrons. The predicted molar refractivity (Wildman–Crippen MR) is 147 cm³/mol. The summed E-state index contributed by atoms with van der Waals surface area (Å²) in [6, 6.07) is 17.3. The Morgan fingerprint density at radius 3 is 2.59 bits per heavy atom. The Kier molecular flexibility index (Phi) is 8.28. The summed E-state index contributed by atoms with van der Waals surface area (Å²) in [5, 5.41) is 12.8. The topological polar surface area (TPSA) is 78.2 Å². The highest BCUT2D eigenvalue weighted by molar-refractivity contribution is 7.98. The number of rotatable bonds is 7. The Hall–Kier alpha value is -3.88. The van der Waals surface area contributed by atoms with E-state index in [0.717, 1.165) is 23.4 Å². The first kappa shape index (κ1) is 28.1. The smallest absolute Gasteiger partial charge is 0.433 e. The fourth-order valence-corrected chi connectivity index (χ4v) is 5.51. The summed E-state index contributed by atoms with van der Waals surface area (Å²) in [5.74, 6) is 0.414. The molecule has 6 nitrogen and oxygen atoms in total. The molecule has 1 amide bonds. The third kappa shape index (κ3) is 6.08. The number of pyridine rings is 1. The molecule has 0 bridgehead atoms. The monoisotopic (exact) mass is 568 g/mol. The average Bonchev–Trinajstić information content (AvgIpc) is 3.18. The molecule has 1 aliphatic rings. The van der Waals surface area contributed by atoms with Gasteiger partial charge < -0.3 is 10.1 Å². The number of methoxy groups -OCH3 is 1. The first-order valence-corrected chi connectivity index (χ1v) is 13.1. The molecule has 1 N–H and O–H groups in total. The molecular weight excluding hydrogens is 545 g/mol. The quantitative estimate of drug-likeness (QED) is 0.201. The number of ether oxygens (including phenoxy) is 1. The van der Waals surface area contributed by atoms with Gasteiger partial charge in [0.15, 0.2) is 5.11 Å². The van der Waals surface area contributed by atoms with Crippen LogP contribution in [0, 0.1) is 18.3 Å². The molecule has 4 rings (SSSR count). The van der Waals surface area contributed by atoms with Gasteiger partial charge in [-0.1, -0.05) is 36.4 Å². The normalized spacial score (nSPS) is 15.3. The summed E-state index contributed by atoms with van der Waals surface area (Å²) < 4.78 is 45.4. The molecule has 1 unspecified atom stereocenters. The third-order valence-electron chi connectivity index (χ3n) is 6.14. The summed E-state index contributed by atoms with van der Waals surface area (Å²) in [7, 11) is 1.48. The second-order valence-electron chi connectivity index (χ2n) is 8.72. The number of nitriles is 1. The number of carbonyl (C=O) groups excluding carboxylic acids is 1. The van der Waals surface area contributed by atoms with Crippen LogP contribution < -0.4 is 10.1 Å². The van der Waals surface area contributed by atoms with E-state index in [1.165, 1.54) is 18.9 Å². The zero-order chi connectivity index (χ0) is 28.3. The van der Waals surface area contributed by atoms with E-state index in [1.54, 1.807) is 24.3 Å². The molecule has 1 fully saturated rings. The van der Waals surface area contributed by atoms with Crippen LogP contribution in [0.4, 0.5) is 13.2 Å². The van der Waals surface area contributed by atoms with Crippen molar-refractivity contribution in [3.05, 3.63) is 93.8 Å². The van der Waals surface area contributed by atoms with E-state index in [1.807, 2.05) is 43.3 Å². The molecule has 1 aromatic heterocycles. The molecule has 1 aliphatic heterocycles. The molecule has 0 aliphatic carbocycles. The van der Waals surface area contributed by atoms with Crippen LogP contribution in [0.15, 0.2) is 65.3 Å². The van der Waals surface area contributed by atoms with Crippen LogP contribution in [0.5, 0.6) is 5.75 Å². The number of hydrogen-bond donors (Lipinski definition) is 1. The second kappa shape index (κ2) is 11.5. The van der Waals surface area contributed by atoms with Gasteiger partial charge in [0.25, 0.3) is 5.91 Å². The highest BCUT2D eigenvalue weighted by Gasteiger charge is 2.35. The number of aromatic nitrogens is 1. The van der Waals surface area contributed by atoms with E-state index in [9.17, 15) is 23.2 Å². The number of aryl methyl sites for hydroxylation is 1. The highest BCUT2D eigenvalue weighted by Crippen LogP contribution is 2.35. The first-order chi connectivity index (χ1) is 18.5. The Morgan fingerprint density at radius 2 is 1.95 bits per heavy atom. The number of halogens is 3. The average molecular weight is 569 g/mol. The van der Waals surface area contributed by atoms with Crippen molar-refractivity contribution in [1.82, 2.24) is 15.2 Å². The number of hydrogen-bond acceptors (Lipinski definition) is 6. The third-order valence-corrected chi connectivity index (χ3v) is 7.47. The SMILES string of the molecule is COc1ccc(/C=C2\NC(=S)N(C(C)c3ccccc3)C2=O)cc1CSc1nc(C(F)(F)F)cc(C)c1C#N. The van der Waals surface area contributed by atoms with E-state index in [2.05, 4.69) is 10.3 Å². The number of carbonyl (C=O) groups is 1. The van der Waals surface area contributed by atoms with Crippen molar-refractivity contribution >= 4 is 41.1 Å². The van der Waals surface area contributed by atoms with E-state index in [-0.39, 0.29) is 33.9 Å². The number of nitrogens with zero attached hydrogens (tertiary/aromatic N) is 3. The fourth-order valence-electron chi connectivity index (χ4n) is 4.12. The van der Waals surface area contributed by atoms with Crippen molar-refractivity contribution in [2.24, 2.45) is 0 Å². The van der Waals surface area contributed by atoms with Crippen molar-refractivity contribution in [2.45, 2.75) is 36.8 Å². The van der Waals surface area contributed by atoms with Gasteiger partial charge >= 0.3 is 6.18 Å². The molecule has 0 spiro atoms. The van der Waals surface area contributed by atoms with E-state index in [0.29, 0.717) is 27.7 Å². The summed E-state index contributed by atoms with van der Waals surface area (Å²) in [4.78, 5) is 18.4. The summed E-state index contributed by atoms with van der Waals surface area (Å²) in [6.45, 7) is 3.34. The minimum atomic E-state index is -4.63. The lowest BCUT2D eigenvalue weighted by Gasteiger charge is -2.23. The Morgan fingerprint density at radius 1 is 1.23 bits per heavy atom. The number of nitrogens with one attached hydrogen (secondary N) is 1. The molecule has 1 atom stereocenters. The molecule has 2 heterocycles. The van der Waals surface area contributed by atoms with E-state index in [4.69, 9.17) is 17.0 Å². The number of amides is 1. The van der Waals surface area contributed by atoms with Crippen LogP contribution >= 0.6 is 24.0 Å². The summed E-state index contributed by atoms with van der Waals surface area (Å²) in [5.41, 5.74) is 1.79. The predicted octanol–water partition coefficient (Wildman–Crippen LogP) is 6.40. The van der Waals surface area contributed by atoms with Crippen LogP contribution in [0.1, 0.15) is 46.5 Å².